The van der Waals surface area contributed by atoms with Gasteiger partial charge in [-0.3, -0.25) is 0 Å². The summed E-state index contributed by atoms with van der Waals surface area (Å²) in [6, 6.07) is 0.607. The Labute approximate surface area is 620 Å². The molecule has 0 aliphatic rings. The minimum absolute atomic E-state index is 0.310. The molecule has 1 atom stereocenters. The van der Waals surface area contributed by atoms with Crippen LogP contribution >= 0.6 is 7.92 Å². The predicted molar refractivity (Wildman–Crippen MR) is 306 cm³/mol. The van der Waals surface area contributed by atoms with Gasteiger partial charge < -0.3 is 0 Å². The molecular weight excluding hydrogens is 1760 g/mol. The van der Waals surface area contributed by atoms with Crippen LogP contribution in [0.2, 0.25) is 0 Å². The van der Waals surface area contributed by atoms with Crippen LogP contribution in [0, 0.1) is 250 Å². The quantitative estimate of drug-likeness (QED) is 0.0294. The fourth-order valence-electron chi connectivity index (χ4n) is 9.37. The third-order valence-corrected chi connectivity index (χ3v) is 17.5. The molecule has 0 spiro atoms. The predicted octanol–water partition coefficient (Wildman–Crippen LogP) is 24.9. The summed E-state index contributed by atoms with van der Waals surface area (Å²) in [5.74, 6) is -112. The monoisotopic (exact) mass is 1780 g/mol. The van der Waals surface area contributed by atoms with Gasteiger partial charge in [-0.05, 0) is 24.8 Å². The fraction of sp³-hybridized carbons (Fsp3) is 0.182. The van der Waals surface area contributed by atoms with E-state index < -0.39 is 330 Å². The summed E-state index contributed by atoms with van der Waals surface area (Å²) in [7, 11) is -1.28. The summed E-state index contributed by atoms with van der Waals surface area (Å²) >= 11 is -1.50. The summed E-state index contributed by atoms with van der Waals surface area (Å²) in [4.78, 5) is 0. The molecule has 0 saturated carbocycles. The second kappa shape index (κ2) is 40.0. The van der Waals surface area contributed by atoms with Gasteiger partial charge in [-0.25, -0.2) is 189 Å². The van der Waals surface area contributed by atoms with Gasteiger partial charge in [0, 0.05) is 5.30 Å². The first kappa shape index (κ1) is 98.7. The first-order valence-electron chi connectivity index (χ1n) is 29.8. The van der Waals surface area contributed by atoms with Crippen molar-refractivity contribution in [3.8, 4) is 44.5 Å². The van der Waals surface area contributed by atoms with Gasteiger partial charge in [0.1, 0.15) is 11.4 Å². The van der Waals surface area contributed by atoms with Crippen LogP contribution in [0.4, 0.5) is 202 Å². The molecule has 0 radical (unpaired) electrons. The standard InChI is InChI=1S/C18H25F6P.4C12F10.Al.H2O.O/c1-3-5-6-7-8-9-10-11-25(4-2)14-12-13(19)16(20)15(17(14)21)18(22,23)24;4*13-3-1(4(14)8(18)11(21)7(3)17)2-5(15)9(19)12(22)10(20)6(2)16;;;/h12H,3-11H2,1-2H3;;;;;;1H2;/q;;;;;+1;;/p-1. The van der Waals surface area contributed by atoms with Gasteiger partial charge in [0.2, 0.25) is 46.5 Å². The van der Waals surface area contributed by atoms with Crippen LogP contribution in [0.1, 0.15) is 64.4 Å². The molecule has 0 aromatic heterocycles. The Kier molecular flexibility index (Phi) is 34.0. The Morgan fingerprint density at radius 3 is 0.534 bits per heavy atom. The van der Waals surface area contributed by atoms with E-state index in [0.717, 1.165) is 38.5 Å². The molecule has 0 amide bonds. The average Bonchev–Trinajstić information content (AvgIpc) is 0.763. The second-order valence-electron chi connectivity index (χ2n) is 21.7. The van der Waals surface area contributed by atoms with Crippen LogP contribution < -0.4 is 5.30 Å². The Bertz CT molecular complexity index is 4240. The van der Waals surface area contributed by atoms with Crippen LogP contribution in [-0.2, 0) is 9.98 Å². The molecule has 0 heterocycles. The molecule has 1 unspecified atom stereocenters. The number of rotatable bonds is 14. The van der Waals surface area contributed by atoms with E-state index in [-0.39, 0.29) is 5.30 Å². The van der Waals surface area contributed by atoms with E-state index in [2.05, 4.69) is 6.92 Å². The summed E-state index contributed by atoms with van der Waals surface area (Å²) in [6.07, 6.45) is 3.01. The zero-order chi connectivity index (χ0) is 89.5. The van der Waals surface area contributed by atoms with Crippen molar-refractivity contribution in [1.29, 1.82) is 0 Å². The van der Waals surface area contributed by atoms with E-state index in [0.29, 0.717) is 18.4 Å². The van der Waals surface area contributed by atoms with Crippen molar-refractivity contribution < 1.29 is 210 Å². The zero-order valence-electron chi connectivity index (χ0n) is 55.2. The number of alkyl halides is 3. The second-order valence-corrected chi connectivity index (χ2v) is 24.6. The molecule has 0 aliphatic carbocycles. The molecular formula is C66H26AlF46O2P. The molecule has 1 N–H and O–H groups in total. The van der Waals surface area contributed by atoms with Gasteiger partial charge in [-0.15, -0.1) is 0 Å². The number of hydrogen-bond acceptors (Lipinski definition) is 1. The van der Waals surface area contributed by atoms with Crippen LogP contribution in [0.3, 0.4) is 0 Å². The zero-order valence-corrected chi connectivity index (χ0v) is 57.3. The van der Waals surface area contributed by atoms with Crippen molar-refractivity contribution >= 4 is 28.7 Å². The first-order chi connectivity index (χ1) is 53.6. The van der Waals surface area contributed by atoms with E-state index in [1.165, 1.54) is 6.42 Å². The van der Waals surface area contributed by atoms with Crippen molar-refractivity contribution in [2.45, 2.75) is 65.0 Å². The van der Waals surface area contributed by atoms with Crippen LogP contribution in [0.25, 0.3) is 44.5 Å². The Balaban J connectivity index is 0.000000303. The summed E-state index contributed by atoms with van der Waals surface area (Å²) < 4.78 is 620. The van der Waals surface area contributed by atoms with E-state index in [4.69, 9.17) is 7.96 Å². The van der Waals surface area contributed by atoms with E-state index >= 15 is 0 Å². The summed E-state index contributed by atoms with van der Waals surface area (Å²) in [5, 5.41) is -0.310. The Hall–Kier alpha value is -9.68. The van der Waals surface area contributed by atoms with E-state index in [9.17, 15) is 202 Å². The number of halogens is 46. The van der Waals surface area contributed by atoms with Gasteiger partial charge in [-0.2, -0.15) is 13.2 Å². The molecule has 2 nitrogen and oxygen atoms in total. The number of benzene rings is 9. The third-order valence-electron chi connectivity index (χ3n) is 14.9. The molecule has 50 heteroatoms. The molecule has 0 aliphatic heterocycles. The molecule has 9 rings (SSSR count). The van der Waals surface area contributed by atoms with Gasteiger partial charge in [-0.1, -0.05) is 60.3 Å². The normalized spacial score (nSPS) is 11.4. The van der Waals surface area contributed by atoms with Gasteiger partial charge in [0.15, 0.2) is 198 Å². The molecule has 9 aromatic rings. The SMILES string of the molecule is CCCCCCCCCP(CC)c1cc(F)c(F)c(C(F)(F)F)c1F.Fc1c(F)c(F)c(-c2c(F)c(F)c(F)c(F)c2F)c(F)c1F.Fc1c(F)c(F)c(-c2c(F)c(F)c(F)c(F)c2F)c(F)c1F.Fc1c(F)c(F)c(-c2c(F)c(F)c(F)c(F)c2F)c(F)c1F.Fc1c(F)c(F)c(-c2c(F)c(F)c(F)c(F)c2F)c(F)c1F.[O]=[Al][OH]. The Morgan fingerprint density at radius 2 is 0.388 bits per heavy atom. The van der Waals surface area contributed by atoms with Crippen molar-refractivity contribution in [3.05, 3.63) is 262 Å². The van der Waals surface area contributed by atoms with Crippen molar-refractivity contribution in [2.75, 3.05) is 12.3 Å². The van der Waals surface area contributed by atoms with Crippen molar-refractivity contribution in [1.82, 2.24) is 0 Å². The van der Waals surface area contributed by atoms with Crippen molar-refractivity contribution in [2.24, 2.45) is 0 Å². The molecule has 9 aromatic carbocycles. The fourth-order valence-corrected chi connectivity index (χ4v) is 11.6. The molecule has 0 saturated heterocycles. The number of unbranched alkanes of at least 4 members (excludes halogenated alkanes) is 6. The van der Waals surface area contributed by atoms with Crippen LogP contribution in [0.5, 0.6) is 0 Å². The van der Waals surface area contributed by atoms with Gasteiger partial charge in [0.05, 0.1) is 44.5 Å². The molecule has 116 heavy (non-hydrogen) atoms. The summed E-state index contributed by atoms with van der Waals surface area (Å²) in [5.41, 5.74) is -20.2. The van der Waals surface area contributed by atoms with Gasteiger partial charge in [0.25, 0.3) is 0 Å². The first-order valence-corrected chi connectivity index (χ1v) is 32.5. The summed E-state index contributed by atoms with van der Waals surface area (Å²) in [6.45, 7) is 3.86. The molecule has 0 bridgehead atoms. The maximum absolute atomic E-state index is 14.3. The molecule has 0 fully saturated rings. The molecule has 632 valence electrons. The van der Waals surface area contributed by atoms with Gasteiger partial charge >= 0.3 is 29.6 Å². The van der Waals surface area contributed by atoms with Crippen molar-refractivity contribution in [3.63, 3.8) is 0 Å². The van der Waals surface area contributed by atoms with Crippen LogP contribution in [-0.4, -0.2) is 32.0 Å². The number of hydrogen-bond donors (Lipinski definition) is 1. The van der Waals surface area contributed by atoms with Crippen LogP contribution in [0.15, 0.2) is 6.07 Å². The maximum atomic E-state index is 14.3. The minimum atomic E-state index is -5.25. The average molecular weight is 1780 g/mol. The topological polar surface area (TPSA) is 37.3 Å². The van der Waals surface area contributed by atoms with E-state index in [1.54, 1.807) is 6.92 Å². The van der Waals surface area contributed by atoms with E-state index in [1.807, 2.05) is 0 Å². The third kappa shape index (κ3) is 19.4. The Morgan fingerprint density at radius 1 is 0.241 bits per heavy atom.